The zero-order chi connectivity index (χ0) is 21.3. The SMILES string of the molecule is CC1CCCCN1C(=O)Cn1cc(S(=O)(=O)Cc2cccc(F)c2)c2ccccc21. The molecule has 0 aliphatic carbocycles. The Labute approximate surface area is 176 Å². The highest BCUT2D eigenvalue weighted by Gasteiger charge is 2.26. The molecule has 1 amide bonds. The molecule has 1 atom stereocenters. The van der Waals surface area contributed by atoms with Gasteiger partial charge in [-0.25, -0.2) is 12.8 Å². The molecule has 158 valence electrons. The predicted octanol–water partition coefficient (Wildman–Crippen LogP) is 4.16. The third-order valence-electron chi connectivity index (χ3n) is 5.76. The molecule has 0 spiro atoms. The Morgan fingerprint density at radius 2 is 1.93 bits per heavy atom. The number of nitrogens with zero attached hydrogens (tertiary/aromatic N) is 2. The molecular formula is C23H25FN2O3S. The summed E-state index contributed by atoms with van der Waals surface area (Å²) >= 11 is 0. The Morgan fingerprint density at radius 3 is 2.70 bits per heavy atom. The van der Waals surface area contributed by atoms with Crippen LogP contribution in [-0.4, -0.2) is 36.4 Å². The molecule has 0 saturated carbocycles. The van der Waals surface area contributed by atoms with E-state index in [2.05, 4.69) is 6.92 Å². The number of piperidine rings is 1. The van der Waals surface area contributed by atoms with Crippen molar-refractivity contribution < 1.29 is 17.6 Å². The van der Waals surface area contributed by atoms with Gasteiger partial charge in [0.05, 0.1) is 10.6 Å². The van der Waals surface area contributed by atoms with Crippen LogP contribution in [-0.2, 0) is 26.9 Å². The summed E-state index contributed by atoms with van der Waals surface area (Å²) in [5.74, 6) is -0.765. The number of sulfone groups is 1. The predicted molar refractivity (Wildman–Crippen MR) is 114 cm³/mol. The van der Waals surface area contributed by atoms with Gasteiger partial charge in [-0.3, -0.25) is 4.79 Å². The third kappa shape index (κ3) is 4.12. The van der Waals surface area contributed by atoms with Crippen molar-refractivity contribution in [3.05, 3.63) is 66.1 Å². The number of aromatic nitrogens is 1. The maximum atomic E-state index is 13.5. The molecular weight excluding hydrogens is 403 g/mol. The quantitative estimate of drug-likeness (QED) is 0.613. The van der Waals surface area contributed by atoms with Gasteiger partial charge in [-0.05, 0) is 49.9 Å². The molecule has 1 aliphatic rings. The highest BCUT2D eigenvalue weighted by atomic mass is 32.2. The van der Waals surface area contributed by atoms with Gasteiger partial charge >= 0.3 is 0 Å². The number of para-hydroxylation sites is 1. The van der Waals surface area contributed by atoms with Crippen molar-refractivity contribution in [2.24, 2.45) is 0 Å². The van der Waals surface area contributed by atoms with E-state index in [9.17, 15) is 17.6 Å². The lowest BCUT2D eigenvalue weighted by Gasteiger charge is -2.33. The molecule has 0 radical (unpaired) electrons. The fraction of sp³-hybridized carbons (Fsp3) is 0.348. The first-order valence-corrected chi connectivity index (χ1v) is 11.8. The topological polar surface area (TPSA) is 59.4 Å². The van der Waals surface area contributed by atoms with Crippen molar-refractivity contribution in [3.8, 4) is 0 Å². The average Bonchev–Trinajstić information content (AvgIpc) is 3.07. The minimum atomic E-state index is -3.72. The molecule has 5 nitrogen and oxygen atoms in total. The Balaban J connectivity index is 1.67. The van der Waals surface area contributed by atoms with E-state index in [1.807, 2.05) is 17.0 Å². The lowest BCUT2D eigenvalue weighted by Crippen LogP contribution is -2.43. The second-order valence-corrected chi connectivity index (χ2v) is 9.92. The van der Waals surface area contributed by atoms with Crippen LogP contribution in [0.15, 0.2) is 59.6 Å². The van der Waals surface area contributed by atoms with Gasteiger partial charge in [-0.2, -0.15) is 0 Å². The lowest BCUT2D eigenvalue weighted by atomic mass is 10.0. The van der Waals surface area contributed by atoms with Crippen molar-refractivity contribution in [1.82, 2.24) is 9.47 Å². The summed E-state index contributed by atoms with van der Waals surface area (Å²) < 4.78 is 41.5. The van der Waals surface area contributed by atoms with Crippen LogP contribution >= 0.6 is 0 Å². The van der Waals surface area contributed by atoms with Crippen LogP contribution in [0.1, 0.15) is 31.7 Å². The lowest BCUT2D eigenvalue weighted by molar-refractivity contribution is -0.135. The van der Waals surface area contributed by atoms with E-state index in [0.717, 1.165) is 25.8 Å². The van der Waals surface area contributed by atoms with E-state index >= 15 is 0 Å². The average molecular weight is 429 g/mol. The molecule has 2 aromatic carbocycles. The maximum absolute atomic E-state index is 13.5. The van der Waals surface area contributed by atoms with E-state index in [0.29, 0.717) is 16.5 Å². The number of likely N-dealkylation sites (tertiary alicyclic amines) is 1. The second-order valence-electron chi connectivity index (χ2n) is 7.96. The number of amides is 1. The van der Waals surface area contributed by atoms with Gasteiger partial charge in [0.1, 0.15) is 12.4 Å². The van der Waals surface area contributed by atoms with Crippen molar-refractivity contribution in [1.29, 1.82) is 0 Å². The molecule has 1 aromatic heterocycles. The number of rotatable bonds is 5. The fourth-order valence-electron chi connectivity index (χ4n) is 4.22. The van der Waals surface area contributed by atoms with Gasteiger partial charge in [0.2, 0.25) is 5.91 Å². The number of hydrogen-bond donors (Lipinski definition) is 0. The molecule has 4 rings (SSSR count). The van der Waals surface area contributed by atoms with E-state index in [1.54, 1.807) is 29.0 Å². The summed E-state index contributed by atoms with van der Waals surface area (Å²) in [6.07, 6.45) is 4.66. The van der Waals surface area contributed by atoms with Crippen LogP contribution < -0.4 is 0 Å². The summed E-state index contributed by atoms with van der Waals surface area (Å²) in [6.45, 7) is 2.89. The first kappa shape index (κ1) is 20.6. The number of hydrogen-bond acceptors (Lipinski definition) is 3. The Hall–Kier alpha value is -2.67. The highest BCUT2D eigenvalue weighted by Crippen LogP contribution is 2.28. The third-order valence-corrected chi connectivity index (χ3v) is 7.47. The van der Waals surface area contributed by atoms with E-state index in [4.69, 9.17) is 0 Å². The molecule has 3 aromatic rings. The zero-order valence-corrected chi connectivity index (χ0v) is 17.7. The van der Waals surface area contributed by atoms with Crippen LogP contribution in [0.2, 0.25) is 0 Å². The summed E-state index contributed by atoms with van der Waals surface area (Å²) in [5, 5.41) is 0.577. The number of carbonyl (C=O) groups is 1. The van der Waals surface area contributed by atoms with E-state index in [-0.39, 0.29) is 29.1 Å². The van der Waals surface area contributed by atoms with Crippen LogP contribution in [0.4, 0.5) is 4.39 Å². The monoisotopic (exact) mass is 428 g/mol. The van der Waals surface area contributed by atoms with E-state index in [1.165, 1.54) is 18.2 Å². The minimum Gasteiger partial charge on any atom is -0.338 e. The molecule has 1 aliphatic heterocycles. The Morgan fingerprint density at radius 1 is 1.13 bits per heavy atom. The molecule has 2 heterocycles. The van der Waals surface area contributed by atoms with Crippen molar-refractivity contribution >= 4 is 26.6 Å². The van der Waals surface area contributed by atoms with E-state index < -0.39 is 15.7 Å². The molecule has 7 heteroatoms. The number of halogens is 1. The molecule has 1 fully saturated rings. The standard InChI is InChI=1S/C23H25FN2O3S/c1-17-7-4-5-12-26(17)23(27)15-25-14-22(20-10-2-3-11-21(20)25)30(28,29)16-18-8-6-9-19(24)13-18/h2-3,6,8-11,13-14,17H,4-5,7,12,15-16H2,1H3. The molecule has 0 bridgehead atoms. The van der Waals surface area contributed by atoms with Gasteiger partial charge in [0.25, 0.3) is 0 Å². The largest absolute Gasteiger partial charge is 0.338 e. The number of fused-ring (bicyclic) bond motifs is 1. The van der Waals surface area contributed by atoms with Gasteiger partial charge < -0.3 is 9.47 Å². The first-order valence-electron chi connectivity index (χ1n) is 10.2. The van der Waals surface area contributed by atoms with Crippen LogP contribution in [0.5, 0.6) is 0 Å². The minimum absolute atomic E-state index is 0.00275. The van der Waals surface area contributed by atoms with Gasteiger partial charge in [0, 0.05) is 29.7 Å². The summed E-state index contributed by atoms with van der Waals surface area (Å²) in [5.41, 5.74) is 1.10. The Kier molecular flexibility index (Phi) is 5.64. The molecule has 0 N–H and O–H groups in total. The second kappa shape index (κ2) is 8.22. The Bertz CT molecular complexity index is 1190. The van der Waals surface area contributed by atoms with Crippen molar-refractivity contribution in [2.45, 2.75) is 49.4 Å². The molecule has 1 unspecified atom stereocenters. The van der Waals surface area contributed by atoms with Crippen molar-refractivity contribution in [3.63, 3.8) is 0 Å². The van der Waals surface area contributed by atoms with Gasteiger partial charge in [-0.1, -0.05) is 30.3 Å². The number of benzene rings is 2. The van der Waals surface area contributed by atoms with Crippen LogP contribution in [0.25, 0.3) is 10.9 Å². The zero-order valence-electron chi connectivity index (χ0n) is 16.9. The summed E-state index contributed by atoms with van der Waals surface area (Å²) in [4.78, 5) is 15.0. The summed E-state index contributed by atoms with van der Waals surface area (Å²) in [6, 6.07) is 13.0. The van der Waals surface area contributed by atoms with Crippen molar-refractivity contribution in [2.75, 3.05) is 6.54 Å². The van der Waals surface area contributed by atoms with Crippen LogP contribution in [0, 0.1) is 5.82 Å². The van der Waals surface area contributed by atoms with Gasteiger partial charge in [0.15, 0.2) is 9.84 Å². The summed E-state index contributed by atoms with van der Waals surface area (Å²) in [7, 11) is -3.72. The fourth-order valence-corrected chi connectivity index (χ4v) is 5.79. The normalized spacial score (nSPS) is 17.4. The highest BCUT2D eigenvalue weighted by molar-refractivity contribution is 7.90. The molecule has 30 heavy (non-hydrogen) atoms. The van der Waals surface area contributed by atoms with Gasteiger partial charge in [-0.15, -0.1) is 0 Å². The first-order chi connectivity index (χ1) is 14.3. The van der Waals surface area contributed by atoms with Crippen LogP contribution in [0.3, 0.4) is 0 Å². The smallest absolute Gasteiger partial charge is 0.242 e. The molecule has 1 saturated heterocycles. The maximum Gasteiger partial charge on any atom is 0.242 e. The number of carbonyl (C=O) groups excluding carboxylic acids is 1.